The number of rotatable bonds is 2. The van der Waals surface area contributed by atoms with Crippen LogP contribution in [0.5, 0.6) is 0 Å². The van der Waals surface area contributed by atoms with Gasteiger partial charge < -0.3 is 11.1 Å². The van der Waals surface area contributed by atoms with E-state index in [0.717, 1.165) is 4.31 Å². The molecule has 0 saturated heterocycles. The number of nitrogens with two attached hydrogens (primary N) is 1. The van der Waals surface area contributed by atoms with Crippen molar-refractivity contribution >= 4 is 33.0 Å². The van der Waals surface area contributed by atoms with Crippen LogP contribution in [0, 0.1) is 0 Å². The molecule has 1 aliphatic rings. The van der Waals surface area contributed by atoms with Crippen molar-refractivity contribution in [2.45, 2.75) is 4.90 Å². The molecular formula is C14H13N3O3S. The fourth-order valence-corrected chi connectivity index (χ4v) is 3.71. The minimum Gasteiger partial charge on any atom is -0.399 e. The molecule has 6 nitrogen and oxygen atoms in total. The molecule has 3 N–H and O–H groups in total. The van der Waals surface area contributed by atoms with Gasteiger partial charge >= 0.3 is 0 Å². The van der Waals surface area contributed by atoms with Crippen molar-refractivity contribution in [3.05, 3.63) is 48.5 Å². The van der Waals surface area contributed by atoms with E-state index >= 15 is 0 Å². The molecule has 1 aliphatic heterocycles. The lowest BCUT2D eigenvalue weighted by Gasteiger charge is -2.30. The van der Waals surface area contributed by atoms with Crippen LogP contribution in [-0.4, -0.2) is 20.9 Å². The van der Waals surface area contributed by atoms with Crippen LogP contribution in [0.15, 0.2) is 53.4 Å². The lowest BCUT2D eigenvalue weighted by Crippen LogP contribution is -2.42. The highest BCUT2D eigenvalue weighted by Gasteiger charge is 2.32. The molecule has 0 unspecified atom stereocenters. The molecule has 0 saturated carbocycles. The summed E-state index contributed by atoms with van der Waals surface area (Å²) in [6.07, 6.45) is 0. The Morgan fingerprint density at radius 3 is 2.62 bits per heavy atom. The van der Waals surface area contributed by atoms with Gasteiger partial charge in [0.2, 0.25) is 5.91 Å². The van der Waals surface area contributed by atoms with Crippen LogP contribution in [-0.2, 0) is 14.8 Å². The van der Waals surface area contributed by atoms with E-state index in [2.05, 4.69) is 5.32 Å². The second-order valence-corrected chi connectivity index (χ2v) is 6.51. The first-order valence-corrected chi connectivity index (χ1v) is 7.69. The molecule has 0 spiro atoms. The van der Waals surface area contributed by atoms with Gasteiger partial charge in [-0.3, -0.25) is 9.10 Å². The predicted molar refractivity (Wildman–Crippen MR) is 80.5 cm³/mol. The highest BCUT2D eigenvalue weighted by Crippen LogP contribution is 2.33. The topological polar surface area (TPSA) is 92.5 Å². The number of nitrogens with zero attached hydrogens (tertiary/aromatic N) is 1. The van der Waals surface area contributed by atoms with Crippen LogP contribution >= 0.6 is 0 Å². The summed E-state index contributed by atoms with van der Waals surface area (Å²) in [6, 6.07) is 12.8. The number of fused-ring (bicyclic) bond motifs is 1. The molecule has 0 aliphatic carbocycles. The summed E-state index contributed by atoms with van der Waals surface area (Å²) < 4.78 is 26.6. The maximum atomic E-state index is 12.7. The zero-order chi connectivity index (χ0) is 15.0. The molecule has 0 bridgehead atoms. The van der Waals surface area contributed by atoms with E-state index in [9.17, 15) is 13.2 Å². The van der Waals surface area contributed by atoms with E-state index in [-0.39, 0.29) is 17.3 Å². The first kappa shape index (κ1) is 13.4. The van der Waals surface area contributed by atoms with Crippen LogP contribution in [0.1, 0.15) is 0 Å². The van der Waals surface area contributed by atoms with Gasteiger partial charge in [0, 0.05) is 5.69 Å². The van der Waals surface area contributed by atoms with E-state index in [0.29, 0.717) is 17.1 Å². The van der Waals surface area contributed by atoms with Gasteiger partial charge in [0.15, 0.2) is 0 Å². The van der Waals surface area contributed by atoms with E-state index in [1.54, 1.807) is 36.4 Å². The van der Waals surface area contributed by atoms with Gasteiger partial charge in [-0.1, -0.05) is 18.2 Å². The van der Waals surface area contributed by atoms with Crippen molar-refractivity contribution in [2.75, 3.05) is 21.9 Å². The van der Waals surface area contributed by atoms with Crippen molar-refractivity contribution in [3.8, 4) is 0 Å². The van der Waals surface area contributed by atoms with Gasteiger partial charge in [0.25, 0.3) is 10.0 Å². The number of hydrogen-bond donors (Lipinski definition) is 2. The van der Waals surface area contributed by atoms with Gasteiger partial charge in [-0.25, -0.2) is 8.42 Å². The van der Waals surface area contributed by atoms with Crippen molar-refractivity contribution < 1.29 is 13.2 Å². The molecule has 2 aromatic carbocycles. The molecule has 1 amide bonds. The molecule has 108 valence electrons. The Kier molecular flexibility index (Phi) is 3.06. The molecule has 0 fully saturated rings. The third-order valence-corrected chi connectivity index (χ3v) is 4.94. The molecule has 7 heteroatoms. The zero-order valence-corrected chi connectivity index (χ0v) is 11.8. The second-order valence-electron chi connectivity index (χ2n) is 4.65. The Bertz CT molecular complexity index is 818. The summed E-state index contributed by atoms with van der Waals surface area (Å²) in [4.78, 5) is 11.8. The summed E-state index contributed by atoms with van der Waals surface area (Å²) in [5, 5.41) is 2.66. The lowest BCUT2D eigenvalue weighted by molar-refractivity contribution is -0.115. The summed E-state index contributed by atoms with van der Waals surface area (Å²) in [5.74, 6) is -0.374. The van der Waals surface area contributed by atoms with Gasteiger partial charge in [-0.05, 0) is 30.3 Å². The zero-order valence-electron chi connectivity index (χ0n) is 11.0. The molecule has 1 heterocycles. The number of sulfonamides is 1. The summed E-state index contributed by atoms with van der Waals surface area (Å²) in [5.41, 5.74) is 6.91. The Morgan fingerprint density at radius 1 is 1.10 bits per heavy atom. The second kappa shape index (κ2) is 4.78. The Morgan fingerprint density at radius 2 is 1.86 bits per heavy atom. The molecule has 0 atom stereocenters. The quantitative estimate of drug-likeness (QED) is 0.821. The van der Waals surface area contributed by atoms with Crippen molar-refractivity contribution in [3.63, 3.8) is 0 Å². The van der Waals surface area contributed by atoms with Crippen LogP contribution in [0.2, 0.25) is 0 Å². The fourth-order valence-electron chi connectivity index (χ4n) is 2.22. The number of para-hydroxylation sites is 2. The van der Waals surface area contributed by atoms with Crippen LogP contribution in [0.25, 0.3) is 0 Å². The smallest absolute Gasteiger partial charge is 0.264 e. The Balaban J connectivity index is 2.14. The van der Waals surface area contributed by atoms with Crippen LogP contribution in [0.3, 0.4) is 0 Å². The van der Waals surface area contributed by atoms with Gasteiger partial charge in [-0.15, -0.1) is 0 Å². The van der Waals surface area contributed by atoms with Gasteiger partial charge in [0.05, 0.1) is 16.3 Å². The molecule has 2 aromatic rings. The number of anilines is 3. The van der Waals surface area contributed by atoms with Crippen LogP contribution in [0.4, 0.5) is 17.1 Å². The van der Waals surface area contributed by atoms with E-state index in [1.807, 2.05) is 0 Å². The molecular weight excluding hydrogens is 290 g/mol. The molecule has 0 radical (unpaired) electrons. The molecule has 3 rings (SSSR count). The monoisotopic (exact) mass is 303 g/mol. The standard InChI is InChI=1S/C14H13N3O3S/c15-10-4-3-5-11(8-10)21(19,20)17-9-14(18)16-12-6-1-2-7-13(12)17/h1-8H,9,15H2,(H,16,18). The summed E-state index contributed by atoms with van der Waals surface area (Å²) >= 11 is 0. The van der Waals surface area contributed by atoms with E-state index in [1.165, 1.54) is 12.1 Å². The Labute approximate surface area is 122 Å². The first-order valence-electron chi connectivity index (χ1n) is 6.25. The van der Waals surface area contributed by atoms with E-state index in [4.69, 9.17) is 5.73 Å². The predicted octanol–water partition coefficient (Wildman–Crippen LogP) is 1.42. The number of benzene rings is 2. The minimum absolute atomic E-state index is 0.0620. The SMILES string of the molecule is Nc1cccc(S(=O)(=O)N2CC(=O)Nc3ccccc32)c1. The van der Waals surface area contributed by atoms with Gasteiger partial charge in [-0.2, -0.15) is 0 Å². The molecule has 21 heavy (non-hydrogen) atoms. The molecule has 0 aromatic heterocycles. The third kappa shape index (κ3) is 2.31. The first-order chi connectivity index (χ1) is 9.98. The number of nitrogen functional groups attached to an aromatic ring is 1. The number of amides is 1. The normalized spacial score (nSPS) is 14.5. The maximum Gasteiger partial charge on any atom is 0.264 e. The van der Waals surface area contributed by atoms with Gasteiger partial charge in [0.1, 0.15) is 6.54 Å². The number of nitrogens with one attached hydrogen (secondary N) is 1. The van der Waals surface area contributed by atoms with Crippen molar-refractivity contribution in [1.82, 2.24) is 0 Å². The average Bonchev–Trinajstić information content (AvgIpc) is 2.46. The number of hydrogen-bond acceptors (Lipinski definition) is 4. The minimum atomic E-state index is -3.84. The number of carbonyl (C=O) groups is 1. The van der Waals surface area contributed by atoms with E-state index < -0.39 is 10.0 Å². The Hall–Kier alpha value is -2.54. The van der Waals surface area contributed by atoms with Crippen molar-refractivity contribution in [2.24, 2.45) is 0 Å². The largest absolute Gasteiger partial charge is 0.399 e. The van der Waals surface area contributed by atoms with Crippen LogP contribution < -0.4 is 15.4 Å². The highest BCUT2D eigenvalue weighted by molar-refractivity contribution is 7.92. The fraction of sp³-hybridized carbons (Fsp3) is 0.0714. The maximum absolute atomic E-state index is 12.7. The number of carbonyl (C=O) groups excluding carboxylic acids is 1. The highest BCUT2D eigenvalue weighted by atomic mass is 32.2. The lowest BCUT2D eigenvalue weighted by atomic mass is 10.2. The van der Waals surface area contributed by atoms with Crippen molar-refractivity contribution in [1.29, 1.82) is 0 Å². The summed E-state index contributed by atoms with van der Waals surface area (Å²) in [6.45, 7) is -0.256. The average molecular weight is 303 g/mol. The summed E-state index contributed by atoms with van der Waals surface area (Å²) in [7, 11) is -3.84. The third-order valence-electron chi connectivity index (χ3n) is 3.18.